The monoisotopic (exact) mass is 361 g/mol. The van der Waals surface area contributed by atoms with Crippen molar-refractivity contribution in [3.63, 3.8) is 0 Å². The summed E-state index contributed by atoms with van der Waals surface area (Å²) >= 11 is 0. The average Bonchev–Trinajstić information content (AvgIpc) is 2.95. The van der Waals surface area contributed by atoms with Crippen LogP contribution in [0.2, 0.25) is 0 Å². The van der Waals surface area contributed by atoms with Crippen LogP contribution in [0.4, 0.5) is 0 Å². The SMILES string of the molecule is CC(C)(CCNC(=O)c1ccc(S(=O)(=O)NCC(N)=O)o1)C(=O)O. The van der Waals surface area contributed by atoms with Crippen LogP contribution in [-0.4, -0.2) is 44.4 Å². The molecular weight excluding hydrogens is 342 g/mol. The van der Waals surface area contributed by atoms with E-state index in [1.807, 2.05) is 4.72 Å². The first-order chi connectivity index (χ1) is 11.0. The molecule has 1 heterocycles. The fourth-order valence-corrected chi connectivity index (χ4v) is 2.43. The highest BCUT2D eigenvalue weighted by Gasteiger charge is 2.27. The molecule has 0 spiro atoms. The molecule has 1 aromatic rings. The van der Waals surface area contributed by atoms with Crippen LogP contribution >= 0.6 is 0 Å². The minimum absolute atomic E-state index is 0.0703. The molecule has 0 aliphatic carbocycles. The Balaban J connectivity index is 2.67. The van der Waals surface area contributed by atoms with E-state index in [0.29, 0.717) is 0 Å². The van der Waals surface area contributed by atoms with Crippen molar-refractivity contribution in [3.8, 4) is 0 Å². The molecule has 0 radical (unpaired) electrons. The number of carboxylic acid groups (broad SMARTS) is 1. The molecule has 0 fully saturated rings. The van der Waals surface area contributed by atoms with Crippen LogP contribution in [0.3, 0.4) is 0 Å². The molecule has 0 saturated carbocycles. The van der Waals surface area contributed by atoms with Gasteiger partial charge in [0.25, 0.3) is 15.9 Å². The molecule has 11 heteroatoms. The third kappa shape index (κ3) is 5.35. The van der Waals surface area contributed by atoms with Crippen LogP contribution in [0.25, 0.3) is 0 Å². The third-order valence-corrected chi connectivity index (χ3v) is 4.39. The van der Waals surface area contributed by atoms with Crippen molar-refractivity contribution in [1.82, 2.24) is 10.0 Å². The summed E-state index contributed by atoms with van der Waals surface area (Å²) in [5.74, 6) is -2.82. The van der Waals surface area contributed by atoms with E-state index in [4.69, 9.17) is 15.3 Å². The Hall–Kier alpha value is -2.40. The van der Waals surface area contributed by atoms with E-state index in [2.05, 4.69) is 5.32 Å². The van der Waals surface area contributed by atoms with E-state index in [1.165, 1.54) is 13.8 Å². The summed E-state index contributed by atoms with van der Waals surface area (Å²) in [6.45, 7) is 2.50. The molecule has 10 nitrogen and oxygen atoms in total. The lowest BCUT2D eigenvalue weighted by molar-refractivity contribution is -0.147. The van der Waals surface area contributed by atoms with Crippen LogP contribution in [0.5, 0.6) is 0 Å². The number of primary amides is 1. The number of carbonyl (C=O) groups excluding carboxylic acids is 2. The number of amides is 2. The summed E-state index contributed by atoms with van der Waals surface area (Å²) in [5, 5.41) is 10.9. The number of furan rings is 1. The van der Waals surface area contributed by atoms with Crippen molar-refractivity contribution in [2.45, 2.75) is 25.4 Å². The van der Waals surface area contributed by atoms with Crippen molar-refractivity contribution in [2.75, 3.05) is 13.1 Å². The van der Waals surface area contributed by atoms with Gasteiger partial charge in [0, 0.05) is 6.54 Å². The van der Waals surface area contributed by atoms with Gasteiger partial charge in [0.05, 0.1) is 12.0 Å². The zero-order valence-corrected chi connectivity index (χ0v) is 14.0. The second kappa shape index (κ2) is 7.45. The second-order valence-corrected chi connectivity index (χ2v) is 7.30. The summed E-state index contributed by atoms with van der Waals surface area (Å²) < 4.78 is 30.4. The van der Waals surface area contributed by atoms with E-state index in [-0.39, 0.29) is 18.7 Å². The molecule has 0 aliphatic rings. The molecule has 0 aromatic carbocycles. The highest BCUT2D eigenvalue weighted by Crippen LogP contribution is 2.19. The minimum Gasteiger partial charge on any atom is -0.481 e. The maximum Gasteiger partial charge on any atom is 0.309 e. The largest absolute Gasteiger partial charge is 0.481 e. The summed E-state index contributed by atoms with van der Waals surface area (Å²) in [4.78, 5) is 33.4. The Morgan fingerprint density at radius 1 is 1.29 bits per heavy atom. The number of sulfonamides is 1. The molecule has 24 heavy (non-hydrogen) atoms. The van der Waals surface area contributed by atoms with Crippen LogP contribution in [-0.2, 0) is 19.6 Å². The van der Waals surface area contributed by atoms with E-state index >= 15 is 0 Å². The maximum atomic E-state index is 11.9. The first kappa shape index (κ1) is 19.6. The van der Waals surface area contributed by atoms with Crippen LogP contribution in [0, 0.1) is 5.41 Å². The standard InChI is InChI=1S/C13H19N3O7S/c1-13(2,12(19)20)5-6-15-11(18)8-3-4-10(23-8)24(21,22)16-7-9(14)17/h3-4,16H,5-7H2,1-2H3,(H2,14,17)(H,15,18)(H,19,20). The normalized spacial score (nSPS) is 11.9. The van der Waals surface area contributed by atoms with Gasteiger partial charge in [-0.1, -0.05) is 0 Å². The van der Waals surface area contributed by atoms with Crippen molar-refractivity contribution in [3.05, 3.63) is 17.9 Å². The van der Waals surface area contributed by atoms with Gasteiger partial charge >= 0.3 is 5.97 Å². The molecule has 134 valence electrons. The minimum atomic E-state index is -4.10. The van der Waals surface area contributed by atoms with Crippen molar-refractivity contribution < 1.29 is 32.3 Å². The summed E-state index contributed by atoms with van der Waals surface area (Å²) in [6, 6.07) is 2.20. The Kier molecular flexibility index (Phi) is 6.10. The Labute approximate surface area is 138 Å². The molecule has 0 aliphatic heterocycles. The van der Waals surface area contributed by atoms with Crippen LogP contribution in [0.15, 0.2) is 21.6 Å². The summed E-state index contributed by atoms with van der Waals surface area (Å²) in [5.41, 5.74) is 3.83. The number of nitrogens with one attached hydrogen (secondary N) is 2. The lowest BCUT2D eigenvalue weighted by Crippen LogP contribution is -2.33. The Bertz CT molecular complexity index is 737. The van der Waals surface area contributed by atoms with Gasteiger partial charge in [0.2, 0.25) is 11.0 Å². The van der Waals surface area contributed by atoms with Gasteiger partial charge in [-0.15, -0.1) is 0 Å². The highest BCUT2D eigenvalue weighted by atomic mass is 32.2. The molecule has 1 aromatic heterocycles. The Morgan fingerprint density at radius 3 is 2.46 bits per heavy atom. The third-order valence-electron chi connectivity index (χ3n) is 3.12. The van der Waals surface area contributed by atoms with Crippen molar-refractivity contribution >= 4 is 27.8 Å². The van der Waals surface area contributed by atoms with E-state index in [0.717, 1.165) is 12.1 Å². The average molecular weight is 361 g/mol. The van der Waals surface area contributed by atoms with Crippen molar-refractivity contribution in [1.29, 1.82) is 0 Å². The van der Waals surface area contributed by atoms with Crippen LogP contribution in [0.1, 0.15) is 30.8 Å². The first-order valence-electron chi connectivity index (χ1n) is 6.85. The number of hydrogen-bond donors (Lipinski definition) is 4. The van der Waals surface area contributed by atoms with Gasteiger partial charge in [0.15, 0.2) is 5.76 Å². The van der Waals surface area contributed by atoms with E-state index in [9.17, 15) is 22.8 Å². The molecule has 2 amide bonds. The number of nitrogens with two attached hydrogens (primary N) is 1. The lowest BCUT2D eigenvalue weighted by atomic mass is 9.90. The molecule has 1 rings (SSSR count). The summed E-state index contributed by atoms with van der Waals surface area (Å²) in [7, 11) is -4.10. The maximum absolute atomic E-state index is 11.9. The predicted octanol–water partition coefficient (Wildman–Crippen LogP) is -0.726. The van der Waals surface area contributed by atoms with E-state index in [1.54, 1.807) is 0 Å². The smallest absolute Gasteiger partial charge is 0.309 e. The number of aliphatic carboxylic acids is 1. The number of carboxylic acids is 1. The highest BCUT2D eigenvalue weighted by molar-refractivity contribution is 7.89. The van der Waals surface area contributed by atoms with Crippen LogP contribution < -0.4 is 15.8 Å². The molecular formula is C13H19N3O7S. The molecule has 0 saturated heterocycles. The number of carbonyl (C=O) groups is 3. The predicted molar refractivity (Wildman–Crippen MR) is 81.5 cm³/mol. The molecule has 5 N–H and O–H groups in total. The van der Waals surface area contributed by atoms with Crippen molar-refractivity contribution in [2.24, 2.45) is 11.1 Å². The van der Waals surface area contributed by atoms with Gasteiger partial charge in [0.1, 0.15) is 0 Å². The van der Waals surface area contributed by atoms with Gasteiger partial charge in [-0.25, -0.2) is 8.42 Å². The van der Waals surface area contributed by atoms with Gasteiger partial charge in [-0.3, -0.25) is 14.4 Å². The van der Waals surface area contributed by atoms with E-state index < -0.39 is 44.9 Å². The zero-order valence-electron chi connectivity index (χ0n) is 13.2. The first-order valence-corrected chi connectivity index (χ1v) is 8.33. The Morgan fingerprint density at radius 2 is 1.92 bits per heavy atom. The number of rotatable bonds is 9. The van der Waals surface area contributed by atoms with Gasteiger partial charge in [-0.2, -0.15) is 4.72 Å². The molecule has 0 atom stereocenters. The fourth-order valence-electron chi connectivity index (χ4n) is 1.51. The summed E-state index contributed by atoms with van der Waals surface area (Å²) in [6.07, 6.45) is 0.181. The topological polar surface area (TPSA) is 169 Å². The van der Waals surface area contributed by atoms with Gasteiger partial charge < -0.3 is 20.6 Å². The second-order valence-electron chi connectivity index (χ2n) is 5.60. The van der Waals surface area contributed by atoms with Gasteiger partial charge in [-0.05, 0) is 32.4 Å². The fraction of sp³-hybridized carbons (Fsp3) is 0.462. The molecule has 0 bridgehead atoms. The molecule has 0 unspecified atom stereocenters. The lowest BCUT2D eigenvalue weighted by Gasteiger charge is -2.18. The zero-order chi connectivity index (χ0) is 18.5. The quantitative estimate of drug-likeness (QED) is 0.449. The number of hydrogen-bond acceptors (Lipinski definition) is 6.